The largest absolute Gasteiger partial charge is 0.394 e. The van der Waals surface area contributed by atoms with Crippen molar-refractivity contribution in [2.45, 2.75) is 31.8 Å². The molecule has 2 rings (SSSR count). The first-order valence-electron chi connectivity index (χ1n) is 6.07. The molecule has 1 aromatic heterocycles. The van der Waals surface area contributed by atoms with Crippen LogP contribution in [0.1, 0.15) is 19.6 Å². The summed E-state index contributed by atoms with van der Waals surface area (Å²) in [5, 5.41) is 21.5. The normalized spacial score (nSPS) is 27.0. The Morgan fingerprint density at radius 2 is 2.47 bits per heavy atom. The van der Waals surface area contributed by atoms with Crippen LogP contribution in [0.4, 0.5) is 5.82 Å². The molecule has 0 unspecified atom stereocenters. The quantitative estimate of drug-likeness (QED) is 0.701. The first kappa shape index (κ1) is 13.7. The van der Waals surface area contributed by atoms with E-state index in [4.69, 9.17) is 9.84 Å². The van der Waals surface area contributed by atoms with Gasteiger partial charge in [-0.2, -0.15) is 4.98 Å². The zero-order chi connectivity index (χ0) is 13.8. The summed E-state index contributed by atoms with van der Waals surface area (Å²) in [6, 6.07) is 1.64. The van der Waals surface area contributed by atoms with Crippen LogP contribution in [-0.4, -0.2) is 38.6 Å². The van der Waals surface area contributed by atoms with Gasteiger partial charge in [-0.25, -0.2) is 4.79 Å². The van der Waals surface area contributed by atoms with Crippen LogP contribution < -0.4 is 11.0 Å². The summed E-state index contributed by atoms with van der Waals surface area (Å²) < 4.78 is 6.70. The van der Waals surface area contributed by atoms with Crippen molar-refractivity contribution >= 4 is 5.82 Å². The summed E-state index contributed by atoms with van der Waals surface area (Å²) >= 11 is 0. The molecule has 2 heterocycles. The molecule has 3 atom stereocenters. The van der Waals surface area contributed by atoms with Crippen LogP contribution in [0, 0.1) is 0 Å². The monoisotopic (exact) mass is 267 g/mol. The van der Waals surface area contributed by atoms with E-state index in [1.165, 1.54) is 4.57 Å². The summed E-state index contributed by atoms with van der Waals surface area (Å²) in [6.45, 7) is 1.57. The summed E-state index contributed by atoms with van der Waals surface area (Å²) in [6.07, 6.45) is 3.25. The van der Waals surface area contributed by atoms with E-state index >= 15 is 0 Å². The Kier molecular flexibility index (Phi) is 4.31. The topological polar surface area (TPSA) is 96.6 Å². The molecule has 1 aliphatic rings. The smallest absolute Gasteiger partial charge is 0.351 e. The van der Waals surface area contributed by atoms with Crippen LogP contribution in [-0.2, 0) is 4.74 Å². The van der Waals surface area contributed by atoms with Crippen molar-refractivity contribution in [3.8, 4) is 0 Å². The van der Waals surface area contributed by atoms with Crippen molar-refractivity contribution in [3.63, 3.8) is 0 Å². The van der Waals surface area contributed by atoms with Crippen molar-refractivity contribution in [1.82, 2.24) is 9.55 Å². The molecule has 7 nitrogen and oxygen atoms in total. The Morgan fingerprint density at radius 1 is 1.68 bits per heavy atom. The van der Waals surface area contributed by atoms with E-state index in [9.17, 15) is 9.90 Å². The number of anilines is 1. The van der Waals surface area contributed by atoms with Gasteiger partial charge in [-0.1, -0.05) is 6.08 Å². The van der Waals surface area contributed by atoms with Gasteiger partial charge in [0.25, 0.3) is 0 Å². The fourth-order valence-corrected chi connectivity index (χ4v) is 1.93. The highest BCUT2D eigenvalue weighted by atomic mass is 16.5. The summed E-state index contributed by atoms with van der Waals surface area (Å²) in [5.74, 6) is 0.441. The van der Waals surface area contributed by atoms with Gasteiger partial charge in [-0.3, -0.25) is 4.57 Å². The molecule has 0 amide bonds. The minimum atomic E-state index is -0.775. The average molecular weight is 267 g/mol. The Bertz CT molecular complexity index is 514. The molecule has 1 aromatic rings. The molecule has 104 valence electrons. The van der Waals surface area contributed by atoms with Gasteiger partial charge in [0.15, 0.2) is 0 Å². The SMILES string of the molecule is CC=CNc1ccn([C@H]2C[C@H](O)[C@@H](CO)O2)c(=O)n1. The van der Waals surface area contributed by atoms with Crippen molar-refractivity contribution in [3.05, 3.63) is 35.0 Å². The molecular formula is C12H17N3O4. The highest BCUT2D eigenvalue weighted by molar-refractivity contribution is 5.35. The average Bonchev–Trinajstić information content (AvgIpc) is 2.77. The zero-order valence-electron chi connectivity index (χ0n) is 10.6. The number of hydrogen-bond acceptors (Lipinski definition) is 6. The zero-order valence-corrected chi connectivity index (χ0v) is 10.6. The molecule has 0 aliphatic carbocycles. The van der Waals surface area contributed by atoms with Gasteiger partial charge in [0.05, 0.1) is 12.7 Å². The van der Waals surface area contributed by atoms with Crippen LogP contribution in [0.2, 0.25) is 0 Å². The van der Waals surface area contributed by atoms with E-state index in [1.54, 1.807) is 24.5 Å². The molecule has 7 heteroatoms. The van der Waals surface area contributed by atoms with E-state index in [0.717, 1.165) is 0 Å². The number of nitrogens with zero attached hydrogens (tertiary/aromatic N) is 2. The molecule has 1 fully saturated rings. The molecule has 3 N–H and O–H groups in total. The van der Waals surface area contributed by atoms with Crippen molar-refractivity contribution in [2.75, 3.05) is 11.9 Å². The lowest BCUT2D eigenvalue weighted by Crippen LogP contribution is -2.27. The first-order valence-corrected chi connectivity index (χ1v) is 6.07. The third-order valence-electron chi connectivity index (χ3n) is 2.92. The van der Waals surface area contributed by atoms with Gasteiger partial charge in [0, 0.05) is 12.6 Å². The number of aliphatic hydroxyl groups excluding tert-OH is 2. The summed E-state index contributed by atoms with van der Waals surface area (Å²) in [7, 11) is 0. The van der Waals surface area contributed by atoms with Gasteiger partial charge in [-0.05, 0) is 19.2 Å². The molecule has 0 bridgehead atoms. The first-order chi connectivity index (χ1) is 9.15. The fourth-order valence-electron chi connectivity index (χ4n) is 1.93. The van der Waals surface area contributed by atoms with Gasteiger partial charge < -0.3 is 20.3 Å². The van der Waals surface area contributed by atoms with Crippen molar-refractivity contribution in [1.29, 1.82) is 0 Å². The Hall–Kier alpha value is -1.70. The standard InChI is InChI=1S/C12H17N3O4/c1-2-4-13-10-3-5-15(12(18)14-10)11-6-8(17)9(7-16)19-11/h2-5,8-9,11,16-17H,6-7H2,1H3,(H,13,14,18)/t8-,9+,11+/m0/s1. The number of ether oxygens (including phenoxy) is 1. The van der Waals surface area contributed by atoms with E-state index in [2.05, 4.69) is 10.3 Å². The third kappa shape index (κ3) is 3.01. The fraction of sp³-hybridized carbons (Fsp3) is 0.500. The van der Waals surface area contributed by atoms with Crippen molar-refractivity contribution in [2.24, 2.45) is 0 Å². The molecule has 0 saturated carbocycles. The molecule has 1 aliphatic heterocycles. The highest BCUT2D eigenvalue weighted by Gasteiger charge is 2.34. The van der Waals surface area contributed by atoms with E-state index in [0.29, 0.717) is 5.82 Å². The van der Waals surface area contributed by atoms with E-state index < -0.39 is 24.1 Å². The Labute approximate surface area is 110 Å². The molecule has 1 saturated heterocycles. The van der Waals surface area contributed by atoms with E-state index in [-0.39, 0.29) is 13.0 Å². The second kappa shape index (κ2) is 5.96. The van der Waals surface area contributed by atoms with E-state index in [1.807, 2.05) is 6.92 Å². The number of hydrogen-bond donors (Lipinski definition) is 3. The molecule has 0 spiro atoms. The molecule has 0 aromatic carbocycles. The maximum absolute atomic E-state index is 11.9. The lowest BCUT2D eigenvalue weighted by Gasteiger charge is -2.14. The number of rotatable bonds is 4. The summed E-state index contributed by atoms with van der Waals surface area (Å²) in [4.78, 5) is 15.7. The van der Waals surface area contributed by atoms with Gasteiger partial charge >= 0.3 is 5.69 Å². The predicted octanol–water partition coefficient (Wildman–Crippen LogP) is -0.171. The second-order valence-electron chi connectivity index (χ2n) is 4.26. The molecular weight excluding hydrogens is 250 g/mol. The van der Waals surface area contributed by atoms with Crippen LogP contribution in [0.3, 0.4) is 0 Å². The number of allylic oxidation sites excluding steroid dienone is 1. The third-order valence-corrected chi connectivity index (χ3v) is 2.92. The van der Waals surface area contributed by atoms with Gasteiger partial charge in [0.2, 0.25) is 0 Å². The Balaban J connectivity index is 2.16. The number of nitrogens with one attached hydrogen (secondary N) is 1. The minimum Gasteiger partial charge on any atom is -0.394 e. The van der Waals surface area contributed by atoms with Crippen LogP contribution in [0.5, 0.6) is 0 Å². The van der Waals surface area contributed by atoms with Gasteiger partial charge in [0.1, 0.15) is 18.1 Å². The number of aliphatic hydroxyl groups is 2. The Morgan fingerprint density at radius 3 is 3.05 bits per heavy atom. The highest BCUT2D eigenvalue weighted by Crippen LogP contribution is 2.27. The second-order valence-corrected chi connectivity index (χ2v) is 4.26. The lowest BCUT2D eigenvalue weighted by atomic mass is 10.2. The predicted molar refractivity (Wildman–Crippen MR) is 68.6 cm³/mol. The van der Waals surface area contributed by atoms with Crippen LogP contribution in [0.25, 0.3) is 0 Å². The van der Waals surface area contributed by atoms with Crippen LogP contribution in [0.15, 0.2) is 29.3 Å². The minimum absolute atomic E-state index is 0.258. The maximum Gasteiger partial charge on any atom is 0.351 e. The summed E-state index contributed by atoms with van der Waals surface area (Å²) in [5.41, 5.74) is -0.467. The van der Waals surface area contributed by atoms with Gasteiger partial charge in [-0.15, -0.1) is 0 Å². The van der Waals surface area contributed by atoms with Crippen molar-refractivity contribution < 1.29 is 14.9 Å². The number of aromatic nitrogens is 2. The molecule has 0 radical (unpaired) electrons. The maximum atomic E-state index is 11.9. The van der Waals surface area contributed by atoms with Crippen LogP contribution >= 0.6 is 0 Å². The molecule has 19 heavy (non-hydrogen) atoms. The lowest BCUT2D eigenvalue weighted by molar-refractivity contribution is -0.0458.